The Balaban J connectivity index is 0.00000280. The van der Waals surface area contributed by atoms with E-state index in [9.17, 15) is 19.3 Å². The molecule has 0 spiro atoms. The molecule has 0 radical (unpaired) electrons. The van der Waals surface area contributed by atoms with Crippen LogP contribution in [-0.4, -0.2) is 15.8 Å². The number of aliphatic hydroxyl groups is 1. The molecule has 138 valence electrons. The second kappa shape index (κ2) is 9.88. The van der Waals surface area contributed by atoms with Gasteiger partial charge in [-0.05, 0) is 24.6 Å². The molecule has 0 aliphatic heterocycles. The Kier molecular flexibility index (Phi) is 7.82. The van der Waals surface area contributed by atoms with Crippen LogP contribution in [0.25, 0.3) is 5.41 Å². The molecular weight excluding hydrogens is 584 g/mol. The number of hydrogen-bond donors (Lipinski definition) is 1. The van der Waals surface area contributed by atoms with Crippen LogP contribution in [0.5, 0.6) is 0 Å². The average molecular weight is 600 g/mol. The number of aryl methyl sites for hydroxylation is 1. The van der Waals surface area contributed by atoms with E-state index in [1.165, 1.54) is 6.20 Å². The Hall–Kier alpha value is -2.13. The molecule has 3 aromatic rings. The second-order valence-electron chi connectivity index (χ2n) is 6.07. The van der Waals surface area contributed by atoms with E-state index in [2.05, 4.69) is 11.1 Å². The molecule has 0 saturated heterocycles. The number of nitrogens with zero attached hydrogens (tertiary/aromatic N) is 2. The van der Waals surface area contributed by atoms with Gasteiger partial charge in [-0.15, -0.1) is 41.5 Å². The molecule has 3 rings (SSSR count). The maximum atomic E-state index is 14.2. The van der Waals surface area contributed by atoms with Gasteiger partial charge in [-0.2, -0.15) is 0 Å². The summed E-state index contributed by atoms with van der Waals surface area (Å²) in [6.45, 7) is 1.93. The monoisotopic (exact) mass is 600 g/mol. The molecule has 3 nitrogen and oxygen atoms in total. The average Bonchev–Trinajstić information content (AvgIpc) is 2.67. The molecule has 28 heavy (non-hydrogen) atoms. The molecule has 0 saturated carbocycles. The van der Waals surface area contributed by atoms with Crippen molar-refractivity contribution in [1.29, 1.82) is 0 Å². The summed E-state index contributed by atoms with van der Waals surface area (Å²) in [6.07, 6.45) is 4.62. The van der Waals surface area contributed by atoms with E-state index in [1.54, 1.807) is 30.5 Å². The van der Waals surface area contributed by atoms with Crippen LogP contribution in [0.2, 0.25) is 0 Å². The number of benzene rings is 2. The largest absolute Gasteiger partial charge is 2.00 e. The van der Waals surface area contributed by atoms with Crippen molar-refractivity contribution in [3.05, 3.63) is 118 Å². The van der Waals surface area contributed by atoms with Gasteiger partial charge in [-0.1, -0.05) is 17.7 Å². The van der Waals surface area contributed by atoms with E-state index in [0.29, 0.717) is 17.2 Å². The fourth-order valence-electron chi connectivity index (χ4n) is 2.58. The maximum Gasteiger partial charge on any atom is 2.00 e. The normalized spacial score (nSPS) is 12.2. The molecule has 6 heteroatoms. The summed E-state index contributed by atoms with van der Waals surface area (Å²) >= 11 is 0. The zero-order chi connectivity index (χ0) is 19.4. The first-order chi connectivity index (χ1) is 13.0. The van der Waals surface area contributed by atoms with E-state index in [-0.39, 0.29) is 42.2 Å². The molecular formula is C22H16F2N2OU. The molecule has 2 aromatic carbocycles. The number of pyridine rings is 1. The molecule has 1 heterocycles. The summed E-state index contributed by atoms with van der Waals surface area (Å²) in [4.78, 5) is 3.95. The fourth-order valence-corrected chi connectivity index (χ4v) is 2.58. The number of hydrogen-bond acceptors (Lipinski definition) is 2. The van der Waals surface area contributed by atoms with E-state index in [0.717, 1.165) is 17.7 Å². The van der Waals surface area contributed by atoms with Crippen LogP contribution < -0.4 is 0 Å². The minimum atomic E-state index is -1.30. The van der Waals surface area contributed by atoms with Gasteiger partial charge >= 0.3 is 31.1 Å². The number of aliphatic hydroxyl groups excluding tert-OH is 1. The minimum absolute atomic E-state index is 0. The van der Waals surface area contributed by atoms with E-state index >= 15 is 0 Å². The van der Waals surface area contributed by atoms with Gasteiger partial charge in [0, 0.05) is 24.0 Å². The third-order valence-electron chi connectivity index (χ3n) is 4.05. The van der Waals surface area contributed by atoms with E-state index < -0.39 is 23.5 Å². The van der Waals surface area contributed by atoms with Crippen molar-refractivity contribution in [2.45, 2.75) is 13.0 Å². The number of rotatable bonds is 5. The van der Waals surface area contributed by atoms with Gasteiger partial charge < -0.3 is 10.5 Å². The number of halogens is 2. The predicted octanol–water partition coefficient (Wildman–Crippen LogP) is 4.54. The van der Waals surface area contributed by atoms with Crippen molar-refractivity contribution in [3.8, 4) is 0 Å². The van der Waals surface area contributed by atoms with Crippen LogP contribution in [0.1, 0.15) is 28.4 Å². The first kappa shape index (κ1) is 22.2. The van der Waals surface area contributed by atoms with Crippen molar-refractivity contribution in [1.82, 2.24) is 4.98 Å². The van der Waals surface area contributed by atoms with Crippen LogP contribution in [0, 0.1) is 55.7 Å². The zero-order valence-electron chi connectivity index (χ0n) is 15.0. The molecule has 0 fully saturated rings. The van der Waals surface area contributed by atoms with Crippen molar-refractivity contribution >= 4 is 5.71 Å². The fraction of sp³-hybridized carbons (Fsp3) is 0.0909. The Bertz CT molecular complexity index is 989. The zero-order valence-corrected chi connectivity index (χ0v) is 19.2. The molecule has 0 amide bonds. The van der Waals surface area contributed by atoms with Gasteiger partial charge in [0.05, 0.1) is 6.10 Å². The summed E-state index contributed by atoms with van der Waals surface area (Å²) in [7, 11) is 0. The van der Waals surface area contributed by atoms with Crippen LogP contribution in [-0.2, 0) is 0 Å². The molecule has 1 unspecified atom stereocenters. The summed E-state index contributed by atoms with van der Waals surface area (Å²) < 4.78 is 27.4. The van der Waals surface area contributed by atoms with Gasteiger partial charge in [-0.3, -0.25) is 4.98 Å². The van der Waals surface area contributed by atoms with E-state index in [1.807, 2.05) is 19.1 Å². The first-order valence-corrected chi connectivity index (χ1v) is 8.26. The van der Waals surface area contributed by atoms with Crippen LogP contribution in [0.15, 0.2) is 72.6 Å². The quantitative estimate of drug-likeness (QED) is 0.346. The SMILES string of the molecule is Cc1ccc([C-]=C(C(=[N-])c2ccc(F)cc2F)C(O)c2cccnc2)cc1.[U+2]. The summed E-state index contributed by atoms with van der Waals surface area (Å²) in [5.41, 5.74) is 1.23. The van der Waals surface area contributed by atoms with Gasteiger partial charge in [0.1, 0.15) is 11.6 Å². The topological polar surface area (TPSA) is 55.4 Å². The molecule has 1 N–H and O–H groups in total. The Labute approximate surface area is 186 Å². The summed E-state index contributed by atoms with van der Waals surface area (Å²) in [5.74, 6) is -1.70. The van der Waals surface area contributed by atoms with Crippen LogP contribution in [0.4, 0.5) is 8.78 Å². The second-order valence-corrected chi connectivity index (χ2v) is 6.07. The standard InChI is InChI=1S/C22H16F2N2O.U/c1-14-4-6-15(7-5-14)11-19(22(27)16-3-2-10-26-13-16)21(25)18-9-8-17(23)12-20(18)24;/h2-10,12-13,22,27H,1H3;/q-2;+2. The van der Waals surface area contributed by atoms with Gasteiger partial charge in [0.15, 0.2) is 0 Å². The summed E-state index contributed by atoms with van der Waals surface area (Å²) in [5, 5.41) is 21.4. The third kappa shape index (κ3) is 5.23. The molecule has 0 bridgehead atoms. The van der Waals surface area contributed by atoms with Gasteiger partial charge in [-0.25, -0.2) is 14.5 Å². The third-order valence-corrected chi connectivity index (χ3v) is 4.05. The van der Waals surface area contributed by atoms with Crippen molar-refractivity contribution in [2.24, 2.45) is 0 Å². The first-order valence-electron chi connectivity index (χ1n) is 8.26. The van der Waals surface area contributed by atoms with Crippen molar-refractivity contribution in [2.75, 3.05) is 0 Å². The predicted molar refractivity (Wildman–Crippen MR) is 100 cm³/mol. The van der Waals surface area contributed by atoms with Gasteiger partial charge in [0.2, 0.25) is 0 Å². The van der Waals surface area contributed by atoms with Crippen LogP contribution in [0.3, 0.4) is 0 Å². The number of aromatic nitrogens is 1. The van der Waals surface area contributed by atoms with Gasteiger partial charge in [0.25, 0.3) is 0 Å². The Morgan fingerprint density at radius 1 is 1.11 bits per heavy atom. The van der Waals surface area contributed by atoms with Crippen molar-refractivity contribution < 1.29 is 45.0 Å². The molecule has 1 aromatic heterocycles. The van der Waals surface area contributed by atoms with Crippen molar-refractivity contribution in [3.63, 3.8) is 0 Å². The smallest absolute Gasteiger partial charge is 0.854 e. The van der Waals surface area contributed by atoms with E-state index in [4.69, 9.17) is 0 Å². The Morgan fingerprint density at radius 2 is 1.82 bits per heavy atom. The van der Waals surface area contributed by atoms with Crippen LogP contribution >= 0.6 is 0 Å². The summed E-state index contributed by atoms with van der Waals surface area (Å²) in [6, 6.07) is 13.3. The Morgan fingerprint density at radius 3 is 2.43 bits per heavy atom. The molecule has 0 aliphatic rings. The molecule has 0 aliphatic carbocycles. The minimum Gasteiger partial charge on any atom is -0.854 e. The maximum absolute atomic E-state index is 14.2. The molecule has 1 atom stereocenters.